The van der Waals surface area contributed by atoms with Crippen molar-refractivity contribution < 1.29 is 14.7 Å². The number of rotatable bonds is 6. The molecule has 110 valence electrons. The number of aliphatic carboxylic acids is 1. The molecule has 1 aliphatic carbocycles. The van der Waals surface area contributed by atoms with Gasteiger partial charge in [-0.05, 0) is 33.1 Å². The lowest BCUT2D eigenvalue weighted by atomic mass is 9.93. The van der Waals surface area contributed by atoms with Gasteiger partial charge >= 0.3 is 12.0 Å². The molecule has 5 heteroatoms. The maximum atomic E-state index is 12.1. The van der Waals surface area contributed by atoms with E-state index in [-0.39, 0.29) is 18.0 Å². The van der Waals surface area contributed by atoms with Gasteiger partial charge in [0.2, 0.25) is 0 Å². The SMILES string of the molecule is CCCC(C)(C)NC(=O)NC1(CC(=O)O)CCCC1. The molecule has 3 N–H and O–H groups in total. The molecule has 0 spiro atoms. The number of amides is 2. The molecule has 0 aromatic rings. The fourth-order valence-electron chi connectivity index (χ4n) is 2.95. The fraction of sp³-hybridized carbons (Fsp3) is 0.857. The highest BCUT2D eigenvalue weighted by Gasteiger charge is 2.38. The Labute approximate surface area is 115 Å². The van der Waals surface area contributed by atoms with Crippen molar-refractivity contribution in [2.45, 2.75) is 76.8 Å². The number of nitrogens with one attached hydrogen (secondary N) is 2. The Kier molecular flexibility index (Phi) is 5.20. The van der Waals surface area contributed by atoms with Crippen LogP contribution in [0, 0.1) is 0 Å². The van der Waals surface area contributed by atoms with Gasteiger partial charge in [-0.25, -0.2) is 4.79 Å². The molecule has 1 aliphatic rings. The van der Waals surface area contributed by atoms with Crippen LogP contribution in [-0.2, 0) is 4.79 Å². The molecule has 1 fully saturated rings. The Morgan fingerprint density at radius 1 is 1.26 bits per heavy atom. The average Bonchev–Trinajstić information content (AvgIpc) is 2.62. The predicted molar refractivity (Wildman–Crippen MR) is 74.1 cm³/mol. The monoisotopic (exact) mass is 270 g/mol. The first-order chi connectivity index (χ1) is 8.79. The molecule has 0 unspecified atom stereocenters. The van der Waals surface area contributed by atoms with Gasteiger partial charge in [-0.2, -0.15) is 0 Å². The second-order valence-electron chi connectivity index (χ2n) is 6.27. The summed E-state index contributed by atoms with van der Waals surface area (Å²) in [5, 5.41) is 14.8. The highest BCUT2D eigenvalue weighted by molar-refractivity contribution is 5.77. The van der Waals surface area contributed by atoms with Crippen molar-refractivity contribution in [2.24, 2.45) is 0 Å². The van der Waals surface area contributed by atoms with Gasteiger partial charge < -0.3 is 15.7 Å². The zero-order valence-corrected chi connectivity index (χ0v) is 12.2. The van der Waals surface area contributed by atoms with E-state index in [1.165, 1.54) is 0 Å². The molecule has 0 radical (unpaired) electrons. The number of hydrogen-bond acceptors (Lipinski definition) is 2. The van der Waals surface area contributed by atoms with Crippen LogP contribution in [0.15, 0.2) is 0 Å². The van der Waals surface area contributed by atoms with E-state index in [0.29, 0.717) is 0 Å². The highest BCUT2D eigenvalue weighted by atomic mass is 16.4. The van der Waals surface area contributed by atoms with Crippen LogP contribution < -0.4 is 10.6 Å². The molecule has 0 bridgehead atoms. The van der Waals surface area contributed by atoms with Gasteiger partial charge in [-0.1, -0.05) is 26.2 Å². The quantitative estimate of drug-likeness (QED) is 0.694. The molecule has 0 atom stereocenters. The summed E-state index contributed by atoms with van der Waals surface area (Å²) in [7, 11) is 0. The average molecular weight is 270 g/mol. The van der Waals surface area contributed by atoms with Gasteiger partial charge in [0.1, 0.15) is 0 Å². The molecular formula is C14H26N2O3. The first-order valence-corrected chi connectivity index (χ1v) is 7.11. The van der Waals surface area contributed by atoms with Crippen molar-refractivity contribution >= 4 is 12.0 Å². The van der Waals surface area contributed by atoms with Gasteiger partial charge in [0.05, 0.1) is 12.0 Å². The normalized spacial score (nSPS) is 18.1. The second kappa shape index (κ2) is 6.26. The van der Waals surface area contributed by atoms with Crippen LogP contribution in [0.4, 0.5) is 4.79 Å². The molecule has 0 aromatic heterocycles. The summed E-state index contributed by atoms with van der Waals surface area (Å²) < 4.78 is 0. The molecule has 0 aliphatic heterocycles. The van der Waals surface area contributed by atoms with E-state index in [1.807, 2.05) is 13.8 Å². The number of hydrogen-bond donors (Lipinski definition) is 3. The van der Waals surface area contributed by atoms with Gasteiger partial charge in [-0.15, -0.1) is 0 Å². The maximum absolute atomic E-state index is 12.1. The van der Waals surface area contributed by atoms with Gasteiger partial charge in [0, 0.05) is 5.54 Å². The lowest BCUT2D eigenvalue weighted by molar-refractivity contribution is -0.138. The molecule has 1 rings (SSSR count). The molecule has 5 nitrogen and oxygen atoms in total. The van der Waals surface area contributed by atoms with Crippen LogP contribution >= 0.6 is 0 Å². The molecular weight excluding hydrogens is 244 g/mol. The molecule has 1 saturated carbocycles. The van der Waals surface area contributed by atoms with Crippen LogP contribution in [0.2, 0.25) is 0 Å². The minimum absolute atomic E-state index is 0.00856. The Hall–Kier alpha value is -1.26. The molecule has 0 heterocycles. The Bertz CT molecular complexity index is 334. The number of carboxylic acids is 1. The van der Waals surface area contributed by atoms with Crippen molar-refractivity contribution in [3.8, 4) is 0 Å². The fourth-order valence-corrected chi connectivity index (χ4v) is 2.95. The minimum atomic E-state index is -0.852. The molecule has 19 heavy (non-hydrogen) atoms. The van der Waals surface area contributed by atoms with E-state index < -0.39 is 11.5 Å². The van der Waals surface area contributed by atoms with Crippen molar-refractivity contribution in [1.29, 1.82) is 0 Å². The van der Waals surface area contributed by atoms with E-state index in [9.17, 15) is 9.59 Å². The number of carbonyl (C=O) groups excluding carboxylic acids is 1. The maximum Gasteiger partial charge on any atom is 0.315 e. The molecule has 2 amide bonds. The summed E-state index contributed by atoms with van der Waals surface area (Å²) in [4.78, 5) is 23.0. The summed E-state index contributed by atoms with van der Waals surface area (Å²) >= 11 is 0. The zero-order chi connectivity index (χ0) is 14.5. The highest BCUT2D eigenvalue weighted by Crippen LogP contribution is 2.32. The lowest BCUT2D eigenvalue weighted by Crippen LogP contribution is -2.56. The Morgan fingerprint density at radius 3 is 2.32 bits per heavy atom. The standard InChI is InChI=1S/C14H26N2O3/c1-4-7-13(2,3)15-12(19)16-14(10-11(17)18)8-5-6-9-14/h4-10H2,1-3H3,(H,17,18)(H2,15,16,19). The summed E-state index contributed by atoms with van der Waals surface area (Å²) in [5.74, 6) is -0.852. The predicted octanol–water partition coefficient (Wildman–Crippen LogP) is 2.65. The summed E-state index contributed by atoms with van der Waals surface area (Å²) in [6.07, 6.45) is 5.36. The van der Waals surface area contributed by atoms with Crippen molar-refractivity contribution in [1.82, 2.24) is 10.6 Å². The van der Waals surface area contributed by atoms with Gasteiger partial charge in [0.15, 0.2) is 0 Å². The third kappa shape index (κ3) is 5.09. The van der Waals surface area contributed by atoms with E-state index in [4.69, 9.17) is 5.11 Å². The van der Waals surface area contributed by atoms with E-state index >= 15 is 0 Å². The Balaban J connectivity index is 2.60. The second-order valence-corrected chi connectivity index (χ2v) is 6.27. The third-order valence-corrected chi connectivity index (χ3v) is 3.76. The smallest absolute Gasteiger partial charge is 0.315 e. The van der Waals surface area contributed by atoms with Crippen LogP contribution in [0.3, 0.4) is 0 Å². The van der Waals surface area contributed by atoms with Crippen LogP contribution in [0.25, 0.3) is 0 Å². The van der Waals surface area contributed by atoms with Crippen LogP contribution in [-0.4, -0.2) is 28.2 Å². The van der Waals surface area contributed by atoms with E-state index in [0.717, 1.165) is 38.5 Å². The number of urea groups is 1. The first-order valence-electron chi connectivity index (χ1n) is 7.11. The molecule has 0 aromatic carbocycles. The van der Waals surface area contributed by atoms with Crippen molar-refractivity contribution in [3.05, 3.63) is 0 Å². The van der Waals surface area contributed by atoms with E-state index in [2.05, 4.69) is 17.6 Å². The van der Waals surface area contributed by atoms with Crippen molar-refractivity contribution in [2.75, 3.05) is 0 Å². The van der Waals surface area contributed by atoms with Crippen LogP contribution in [0.5, 0.6) is 0 Å². The van der Waals surface area contributed by atoms with Gasteiger partial charge in [0.25, 0.3) is 0 Å². The summed E-state index contributed by atoms with van der Waals surface area (Å²) in [5.41, 5.74) is -0.819. The summed E-state index contributed by atoms with van der Waals surface area (Å²) in [6.45, 7) is 6.04. The zero-order valence-electron chi connectivity index (χ0n) is 12.2. The van der Waals surface area contributed by atoms with Gasteiger partial charge in [-0.3, -0.25) is 4.79 Å². The first kappa shape index (κ1) is 15.8. The van der Waals surface area contributed by atoms with Crippen molar-refractivity contribution in [3.63, 3.8) is 0 Å². The number of carbonyl (C=O) groups is 2. The molecule has 0 saturated heterocycles. The number of carboxylic acid groups (broad SMARTS) is 1. The van der Waals surface area contributed by atoms with Crippen LogP contribution in [0.1, 0.15) is 65.7 Å². The third-order valence-electron chi connectivity index (χ3n) is 3.76. The Morgan fingerprint density at radius 2 is 1.84 bits per heavy atom. The van der Waals surface area contributed by atoms with E-state index in [1.54, 1.807) is 0 Å². The minimum Gasteiger partial charge on any atom is -0.481 e. The topological polar surface area (TPSA) is 78.4 Å². The summed E-state index contributed by atoms with van der Waals surface area (Å²) in [6, 6.07) is -0.249. The largest absolute Gasteiger partial charge is 0.481 e. The lowest BCUT2D eigenvalue weighted by Gasteiger charge is -2.32.